The summed E-state index contributed by atoms with van der Waals surface area (Å²) in [6, 6.07) is 0. The Morgan fingerprint density at radius 1 is 1.52 bits per heavy atom. The van der Waals surface area contributed by atoms with Gasteiger partial charge in [0, 0.05) is 29.9 Å². The molecule has 0 bridgehead atoms. The van der Waals surface area contributed by atoms with Gasteiger partial charge in [0.2, 0.25) is 5.91 Å². The molecule has 6 heteroatoms. The summed E-state index contributed by atoms with van der Waals surface area (Å²) in [6.07, 6.45) is 1.82. The van der Waals surface area contributed by atoms with Crippen LogP contribution in [0.5, 0.6) is 0 Å². The first-order valence-electron chi connectivity index (χ1n) is 7.55. The third-order valence-electron chi connectivity index (χ3n) is 3.98. The van der Waals surface area contributed by atoms with E-state index in [1.54, 1.807) is 11.3 Å². The van der Waals surface area contributed by atoms with Gasteiger partial charge in [0.25, 0.3) is 0 Å². The quantitative estimate of drug-likeness (QED) is 0.865. The van der Waals surface area contributed by atoms with E-state index in [9.17, 15) is 4.79 Å². The van der Waals surface area contributed by atoms with Crippen molar-refractivity contribution >= 4 is 17.2 Å². The van der Waals surface area contributed by atoms with Gasteiger partial charge in [0.15, 0.2) is 0 Å². The van der Waals surface area contributed by atoms with Crippen molar-refractivity contribution in [2.24, 2.45) is 11.7 Å². The summed E-state index contributed by atoms with van der Waals surface area (Å²) in [5, 5.41) is 6.29. The number of aryl methyl sites for hydroxylation is 1. The van der Waals surface area contributed by atoms with Crippen LogP contribution in [0.25, 0.3) is 0 Å². The van der Waals surface area contributed by atoms with E-state index in [4.69, 9.17) is 5.73 Å². The van der Waals surface area contributed by atoms with Crippen molar-refractivity contribution in [3.63, 3.8) is 0 Å². The van der Waals surface area contributed by atoms with Crippen molar-refractivity contribution in [2.75, 3.05) is 19.6 Å². The molecule has 21 heavy (non-hydrogen) atoms. The Morgan fingerprint density at radius 3 is 2.71 bits per heavy atom. The first kappa shape index (κ1) is 16.4. The highest BCUT2D eigenvalue weighted by Gasteiger charge is 2.28. The molecule has 0 unspecified atom stereocenters. The fourth-order valence-corrected chi connectivity index (χ4v) is 3.15. The smallest absolute Gasteiger partial charge is 0.223 e. The molecule has 1 saturated heterocycles. The van der Waals surface area contributed by atoms with Crippen LogP contribution in [0.1, 0.15) is 37.4 Å². The van der Waals surface area contributed by atoms with Gasteiger partial charge >= 0.3 is 0 Å². The second-order valence-corrected chi connectivity index (χ2v) is 7.55. The minimum Gasteiger partial charge on any atom is -0.350 e. The number of amides is 1. The molecule has 0 saturated carbocycles. The zero-order valence-corrected chi connectivity index (χ0v) is 14.0. The van der Waals surface area contributed by atoms with E-state index in [0.29, 0.717) is 6.54 Å². The topological polar surface area (TPSA) is 71.2 Å². The zero-order valence-electron chi connectivity index (χ0n) is 13.2. The molecule has 3 N–H and O–H groups in total. The number of piperidine rings is 1. The molecule has 0 aliphatic carbocycles. The number of nitrogens with one attached hydrogen (secondary N) is 1. The van der Waals surface area contributed by atoms with Gasteiger partial charge in [-0.25, -0.2) is 4.98 Å². The molecule has 1 fully saturated rings. The second-order valence-electron chi connectivity index (χ2n) is 6.49. The van der Waals surface area contributed by atoms with Crippen LogP contribution >= 0.6 is 11.3 Å². The lowest BCUT2D eigenvalue weighted by Gasteiger charge is -2.33. The number of hydrogen-bond donors (Lipinski definition) is 2. The van der Waals surface area contributed by atoms with Crippen molar-refractivity contribution in [3.8, 4) is 0 Å². The summed E-state index contributed by atoms with van der Waals surface area (Å²) in [4.78, 5) is 19.1. The first-order chi connectivity index (χ1) is 9.89. The van der Waals surface area contributed by atoms with Gasteiger partial charge in [-0.3, -0.25) is 9.69 Å². The van der Waals surface area contributed by atoms with E-state index in [-0.39, 0.29) is 17.4 Å². The van der Waals surface area contributed by atoms with Gasteiger partial charge in [0.1, 0.15) is 0 Å². The van der Waals surface area contributed by atoms with Crippen molar-refractivity contribution in [3.05, 3.63) is 16.1 Å². The number of nitrogens with two attached hydrogens (primary N) is 1. The predicted octanol–water partition coefficient (Wildman–Crippen LogP) is 1.52. The minimum atomic E-state index is -0.313. The first-order valence-corrected chi connectivity index (χ1v) is 8.43. The highest BCUT2D eigenvalue weighted by atomic mass is 32.1. The summed E-state index contributed by atoms with van der Waals surface area (Å²) >= 11 is 1.69. The molecule has 1 aromatic rings. The molecule has 0 spiro atoms. The lowest BCUT2D eigenvalue weighted by atomic mass is 9.94. The van der Waals surface area contributed by atoms with Gasteiger partial charge in [-0.1, -0.05) is 0 Å². The molecule has 118 valence electrons. The average Bonchev–Trinajstić information content (AvgIpc) is 2.84. The van der Waals surface area contributed by atoms with Gasteiger partial charge in [0.05, 0.1) is 10.7 Å². The summed E-state index contributed by atoms with van der Waals surface area (Å²) < 4.78 is 0. The van der Waals surface area contributed by atoms with Crippen molar-refractivity contribution in [1.82, 2.24) is 15.2 Å². The number of likely N-dealkylation sites (tertiary alicyclic amines) is 1. The monoisotopic (exact) mass is 310 g/mol. The highest BCUT2D eigenvalue weighted by Crippen LogP contribution is 2.20. The van der Waals surface area contributed by atoms with Crippen LogP contribution in [0.3, 0.4) is 0 Å². The largest absolute Gasteiger partial charge is 0.350 e. The van der Waals surface area contributed by atoms with Crippen molar-refractivity contribution < 1.29 is 4.79 Å². The molecule has 1 aliphatic rings. The number of thiazole rings is 1. The molecule has 0 atom stereocenters. The summed E-state index contributed by atoms with van der Waals surface area (Å²) in [6.45, 7) is 9.22. The van der Waals surface area contributed by atoms with E-state index in [1.165, 1.54) is 0 Å². The van der Waals surface area contributed by atoms with E-state index >= 15 is 0 Å². The normalized spacial score (nSPS) is 17.9. The fraction of sp³-hybridized carbons (Fsp3) is 0.733. The van der Waals surface area contributed by atoms with Gasteiger partial charge in [-0.2, -0.15) is 0 Å². The van der Waals surface area contributed by atoms with Gasteiger partial charge < -0.3 is 11.1 Å². The molecule has 1 aromatic heterocycles. The van der Waals surface area contributed by atoms with Crippen LogP contribution in [0.4, 0.5) is 0 Å². The highest BCUT2D eigenvalue weighted by molar-refractivity contribution is 7.09. The lowest BCUT2D eigenvalue weighted by molar-refractivity contribution is -0.128. The van der Waals surface area contributed by atoms with Crippen LogP contribution in [0.15, 0.2) is 5.38 Å². The Bertz CT molecular complexity index is 478. The third-order valence-corrected chi connectivity index (χ3v) is 4.80. The SMILES string of the molecule is Cc1nc(CN2CCC(C(=O)NC(C)(C)CN)CC2)cs1. The number of hydrogen-bond acceptors (Lipinski definition) is 5. The van der Waals surface area contributed by atoms with Crippen molar-refractivity contribution in [2.45, 2.75) is 45.7 Å². The Balaban J connectivity index is 1.79. The molecular formula is C15H26N4OS. The number of carbonyl (C=O) groups is 1. The standard InChI is InChI=1S/C15H26N4OS/c1-11-17-13(9-21-11)8-19-6-4-12(5-7-19)14(20)18-15(2,3)10-16/h9,12H,4-8,10,16H2,1-3H3,(H,18,20). The van der Waals surface area contributed by atoms with E-state index in [0.717, 1.165) is 43.2 Å². The summed E-state index contributed by atoms with van der Waals surface area (Å²) in [5.74, 6) is 0.263. The van der Waals surface area contributed by atoms with Gasteiger partial charge in [-0.15, -0.1) is 11.3 Å². The van der Waals surface area contributed by atoms with Crippen LogP contribution in [0, 0.1) is 12.8 Å². The van der Waals surface area contributed by atoms with E-state index < -0.39 is 0 Å². The molecule has 1 amide bonds. The maximum absolute atomic E-state index is 12.2. The number of aromatic nitrogens is 1. The third kappa shape index (κ3) is 4.76. The molecule has 0 radical (unpaired) electrons. The lowest BCUT2D eigenvalue weighted by Crippen LogP contribution is -2.52. The molecule has 2 heterocycles. The summed E-state index contributed by atoms with van der Waals surface area (Å²) in [7, 11) is 0. The number of nitrogens with zero attached hydrogens (tertiary/aromatic N) is 2. The molecule has 1 aliphatic heterocycles. The molecule has 2 rings (SSSR count). The average molecular weight is 310 g/mol. The fourth-order valence-electron chi connectivity index (χ4n) is 2.55. The maximum atomic E-state index is 12.2. The van der Waals surface area contributed by atoms with Crippen LogP contribution in [-0.2, 0) is 11.3 Å². The number of carbonyl (C=O) groups excluding carboxylic acids is 1. The van der Waals surface area contributed by atoms with Crippen LogP contribution in [-0.4, -0.2) is 41.0 Å². The number of rotatable bonds is 5. The minimum absolute atomic E-state index is 0.115. The Kier molecular flexibility index (Phi) is 5.35. The van der Waals surface area contributed by atoms with Crippen molar-refractivity contribution in [1.29, 1.82) is 0 Å². The van der Waals surface area contributed by atoms with Gasteiger partial charge in [-0.05, 0) is 46.7 Å². The molecular weight excluding hydrogens is 284 g/mol. The summed E-state index contributed by atoms with van der Waals surface area (Å²) in [5.41, 5.74) is 6.50. The predicted molar refractivity (Wildman–Crippen MR) is 86.1 cm³/mol. The second kappa shape index (κ2) is 6.85. The Morgan fingerprint density at radius 2 is 2.19 bits per heavy atom. The van der Waals surface area contributed by atoms with E-state index in [1.807, 2.05) is 20.8 Å². The molecule has 5 nitrogen and oxygen atoms in total. The van der Waals surface area contributed by atoms with Crippen LogP contribution in [0.2, 0.25) is 0 Å². The Labute approximate surface area is 130 Å². The Hall–Kier alpha value is -0.980. The van der Waals surface area contributed by atoms with Crippen LogP contribution < -0.4 is 11.1 Å². The van der Waals surface area contributed by atoms with E-state index in [2.05, 4.69) is 20.6 Å². The maximum Gasteiger partial charge on any atom is 0.223 e. The molecule has 0 aromatic carbocycles. The zero-order chi connectivity index (χ0) is 15.5.